The van der Waals surface area contributed by atoms with Gasteiger partial charge in [-0.1, -0.05) is 13.3 Å². The van der Waals surface area contributed by atoms with Crippen LogP contribution < -0.4 is 4.74 Å². The van der Waals surface area contributed by atoms with E-state index in [0.717, 1.165) is 12.4 Å². The summed E-state index contributed by atoms with van der Waals surface area (Å²) < 4.78 is 31.2. The summed E-state index contributed by atoms with van der Waals surface area (Å²) in [6.07, 6.45) is 2.42. The lowest BCUT2D eigenvalue weighted by Crippen LogP contribution is -2.13. The second-order valence-corrected chi connectivity index (χ2v) is 2.91. The second kappa shape index (κ2) is 4.30. The van der Waals surface area contributed by atoms with Crippen molar-refractivity contribution in [3.63, 3.8) is 0 Å². The molecule has 0 saturated carbocycles. The highest BCUT2D eigenvalue weighted by Crippen LogP contribution is 2.31. The van der Waals surface area contributed by atoms with Crippen LogP contribution >= 0.6 is 0 Å². The molecule has 1 aromatic heterocycles. The van der Waals surface area contributed by atoms with Crippen LogP contribution in [0, 0.1) is 0 Å². The number of methoxy groups -OCH3 is 1. The molecule has 0 N–H and O–H groups in total. The van der Waals surface area contributed by atoms with Gasteiger partial charge in [-0.3, -0.25) is 0 Å². The Morgan fingerprint density at radius 1 is 1.36 bits per heavy atom. The summed E-state index contributed by atoms with van der Waals surface area (Å²) in [5.41, 5.74) is -0.167. The van der Waals surface area contributed by atoms with Crippen molar-refractivity contribution in [3.8, 4) is 6.01 Å². The summed E-state index contributed by atoms with van der Waals surface area (Å²) in [4.78, 5) is 7.26. The minimum atomic E-state index is -2.85. The van der Waals surface area contributed by atoms with E-state index < -0.39 is 5.92 Å². The van der Waals surface area contributed by atoms with Gasteiger partial charge in [0.15, 0.2) is 0 Å². The van der Waals surface area contributed by atoms with E-state index in [-0.39, 0.29) is 18.0 Å². The smallest absolute Gasteiger partial charge is 0.316 e. The van der Waals surface area contributed by atoms with Crippen LogP contribution in [0.2, 0.25) is 0 Å². The van der Waals surface area contributed by atoms with Crippen LogP contribution in [0.3, 0.4) is 0 Å². The molecule has 0 amide bonds. The van der Waals surface area contributed by atoms with Crippen molar-refractivity contribution in [1.82, 2.24) is 9.97 Å². The third-order valence-corrected chi connectivity index (χ3v) is 1.80. The molecule has 0 aromatic carbocycles. The number of hydrogen-bond donors (Lipinski definition) is 0. The third-order valence-electron chi connectivity index (χ3n) is 1.80. The Labute approximate surface area is 81.1 Å². The van der Waals surface area contributed by atoms with Crippen LogP contribution in [0.4, 0.5) is 8.78 Å². The standard InChI is InChI=1S/C9H12F2N2O/c1-3-4-9(10,11)7-5-12-8(14-2)13-6-7/h5-6H,3-4H2,1-2H3. The van der Waals surface area contributed by atoms with Crippen LogP contribution in [0.25, 0.3) is 0 Å². The Morgan fingerprint density at radius 2 is 1.93 bits per heavy atom. The highest BCUT2D eigenvalue weighted by atomic mass is 19.3. The molecule has 0 atom stereocenters. The van der Waals surface area contributed by atoms with Gasteiger partial charge in [0, 0.05) is 18.8 Å². The van der Waals surface area contributed by atoms with Gasteiger partial charge >= 0.3 is 6.01 Å². The first-order chi connectivity index (χ1) is 6.60. The summed E-state index contributed by atoms with van der Waals surface area (Å²) in [6.45, 7) is 1.71. The molecule has 0 unspecified atom stereocenters. The zero-order chi connectivity index (χ0) is 10.6. The summed E-state index contributed by atoms with van der Waals surface area (Å²) in [6, 6.07) is 0.0982. The van der Waals surface area contributed by atoms with E-state index in [1.54, 1.807) is 6.92 Å². The largest absolute Gasteiger partial charge is 0.467 e. The van der Waals surface area contributed by atoms with E-state index in [0.29, 0.717) is 6.42 Å². The maximum atomic E-state index is 13.3. The molecule has 14 heavy (non-hydrogen) atoms. The minimum Gasteiger partial charge on any atom is -0.467 e. The van der Waals surface area contributed by atoms with Crippen molar-refractivity contribution in [2.45, 2.75) is 25.7 Å². The lowest BCUT2D eigenvalue weighted by atomic mass is 10.1. The topological polar surface area (TPSA) is 35.0 Å². The van der Waals surface area contributed by atoms with Crippen molar-refractivity contribution in [1.29, 1.82) is 0 Å². The lowest BCUT2D eigenvalue weighted by molar-refractivity contribution is -0.0148. The third kappa shape index (κ3) is 2.37. The fourth-order valence-corrected chi connectivity index (χ4v) is 1.07. The average Bonchev–Trinajstić information content (AvgIpc) is 2.18. The van der Waals surface area contributed by atoms with Crippen LogP contribution in [-0.2, 0) is 5.92 Å². The Kier molecular flexibility index (Phi) is 3.33. The molecule has 0 saturated heterocycles. The highest BCUT2D eigenvalue weighted by molar-refractivity contribution is 5.13. The van der Waals surface area contributed by atoms with Crippen molar-refractivity contribution in [2.24, 2.45) is 0 Å². The van der Waals surface area contributed by atoms with Crippen LogP contribution in [0.15, 0.2) is 12.4 Å². The number of rotatable bonds is 4. The maximum absolute atomic E-state index is 13.3. The SMILES string of the molecule is CCCC(F)(F)c1cnc(OC)nc1. The van der Waals surface area contributed by atoms with E-state index in [1.165, 1.54) is 7.11 Å². The number of ether oxygens (including phenoxy) is 1. The lowest BCUT2D eigenvalue weighted by Gasteiger charge is -2.14. The average molecular weight is 202 g/mol. The first-order valence-electron chi connectivity index (χ1n) is 4.34. The molecule has 3 nitrogen and oxygen atoms in total. The van der Waals surface area contributed by atoms with Gasteiger partial charge in [0.05, 0.1) is 12.7 Å². The molecule has 1 rings (SSSR count). The molecular weight excluding hydrogens is 190 g/mol. The minimum absolute atomic E-state index is 0.0982. The van der Waals surface area contributed by atoms with Gasteiger partial charge in [-0.15, -0.1) is 0 Å². The van der Waals surface area contributed by atoms with Gasteiger partial charge in [-0.05, 0) is 0 Å². The Bertz CT molecular complexity index is 287. The summed E-state index contributed by atoms with van der Waals surface area (Å²) in [7, 11) is 1.39. The van der Waals surface area contributed by atoms with Gasteiger partial charge in [-0.25, -0.2) is 18.7 Å². The Hall–Kier alpha value is -1.26. The monoisotopic (exact) mass is 202 g/mol. The Morgan fingerprint density at radius 3 is 2.36 bits per heavy atom. The first-order valence-corrected chi connectivity index (χ1v) is 4.34. The molecule has 0 spiro atoms. The zero-order valence-electron chi connectivity index (χ0n) is 8.13. The second-order valence-electron chi connectivity index (χ2n) is 2.91. The first kappa shape index (κ1) is 10.8. The zero-order valence-corrected chi connectivity index (χ0v) is 8.13. The molecule has 0 fully saturated rings. The number of nitrogens with zero attached hydrogens (tertiary/aromatic N) is 2. The van der Waals surface area contributed by atoms with Crippen molar-refractivity contribution < 1.29 is 13.5 Å². The van der Waals surface area contributed by atoms with E-state index in [9.17, 15) is 8.78 Å². The van der Waals surface area contributed by atoms with Gasteiger partial charge < -0.3 is 4.74 Å². The molecule has 0 aliphatic heterocycles. The molecule has 78 valence electrons. The van der Waals surface area contributed by atoms with E-state index in [4.69, 9.17) is 0 Å². The highest BCUT2D eigenvalue weighted by Gasteiger charge is 2.30. The summed E-state index contributed by atoms with van der Waals surface area (Å²) in [5.74, 6) is -2.85. The molecule has 0 bridgehead atoms. The predicted octanol–water partition coefficient (Wildman–Crippen LogP) is 2.38. The molecule has 5 heteroatoms. The van der Waals surface area contributed by atoms with Gasteiger partial charge in [0.25, 0.3) is 5.92 Å². The van der Waals surface area contributed by atoms with Gasteiger partial charge in [-0.2, -0.15) is 0 Å². The molecule has 0 aliphatic carbocycles. The van der Waals surface area contributed by atoms with Crippen molar-refractivity contribution in [2.75, 3.05) is 7.11 Å². The van der Waals surface area contributed by atoms with Gasteiger partial charge in [0.1, 0.15) is 0 Å². The number of halogens is 2. The van der Waals surface area contributed by atoms with Gasteiger partial charge in [0.2, 0.25) is 0 Å². The Balaban J connectivity index is 2.85. The van der Waals surface area contributed by atoms with E-state index in [2.05, 4.69) is 14.7 Å². The quantitative estimate of drug-likeness (QED) is 0.751. The van der Waals surface area contributed by atoms with Crippen LogP contribution in [0.5, 0.6) is 6.01 Å². The fraction of sp³-hybridized carbons (Fsp3) is 0.556. The molecule has 0 aliphatic rings. The number of hydrogen-bond acceptors (Lipinski definition) is 3. The number of aromatic nitrogens is 2. The molecule has 0 radical (unpaired) electrons. The van der Waals surface area contributed by atoms with E-state index >= 15 is 0 Å². The number of alkyl halides is 2. The predicted molar refractivity (Wildman–Crippen MR) is 47.4 cm³/mol. The molecular formula is C9H12F2N2O. The summed E-state index contributed by atoms with van der Waals surface area (Å²) in [5, 5.41) is 0. The maximum Gasteiger partial charge on any atom is 0.316 e. The van der Waals surface area contributed by atoms with Crippen LogP contribution in [0.1, 0.15) is 25.3 Å². The fourth-order valence-electron chi connectivity index (χ4n) is 1.07. The summed E-state index contributed by atoms with van der Waals surface area (Å²) >= 11 is 0. The van der Waals surface area contributed by atoms with E-state index in [1.807, 2.05) is 0 Å². The normalized spacial score (nSPS) is 11.4. The van der Waals surface area contributed by atoms with Crippen LogP contribution in [-0.4, -0.2) is 17.1 Å². The molecule has 1 aromatic rings. The van der Waals surface area contributed by atoms with Crippen molar-refractivity contribution >= 4 is 0 Å². The van der Waals surface area contributed by atoms with Crippen molar-refractivity contribution in [3.05, 3.63) is 18.0 Å². The molecule has 1 heterocycles.